The van der Waals surface area contributed by atoms with Gasteiger partial charge >= 0.3 is 6.03 Å². The zero-order valence-electron chi connectivity index (χ0n) is 15.7. The second kappa shape index (κ2) is 9.02. The number of nitrogens with one attached hydrogen (secondary N) is 1. The highest BCUT2D eigenvalue weighted by molar-refractivity contribution is 5.95. The number of benzene rings is 2. The molecule has 2 aromatic carbocycles. The first kappa shape index (κ1) is 19.4. The monoisotopic (exact) mass is 378 g/mol. The molecule has 0 radical (unpaired) electrons. The van der Waals surface area contributed by atoms with E-state index in [4.69, 9.17) is 10.00 Å². The molecule has 0 atom stereocenters. The topological polar surface area (TPSA) is 85.7 Å². The molecule has 144 valence electrons. The van der Waals surface area contributed by atoms with Gasteiger partial charge in [-0.05, 0) is 42.0 Å². The van der Waals surface area contributed by atoms with E-state index in [1.54, 1.807) is 54.4 Å². The molecule has 1 saturated heterocycles. The van der Waals surface area contributed by atoms with E-state index in [2.05, 4.69) is 11.4 Å². The maximum atomic E-state index is 12.4. The third-order valence-corrected chi connectivity index (χ3v) is 4.50. The van der Waals surface area contributed by atoms with Crippen LogP contribution in [0.4, 0.5) is 10.5 Å². The first-order valence-electron chi connectivity index (χ1n) is 9.05. The number of nitrogens with zero attached hydrogens (tertiary/aromatic N) is 3. The zero-order valence-corrected chi connectivity index (χ0v) is 15.7. The van der Waals surface area contributed by atoms with Crippen LogP contribution in [-0.2, 0) is 11.3 Å². The molecule has 7 nitrogen and oxygen atoms in total. The van der Waals surface area contributed by atoms with E-state index >= 15 is 0 Å². The average molecular weight is 378 g/mol. The van der Waals surface area contributed by atoms with Crippen molar-refractivity contribution in [3.63, 3.8) is 0 Å². The van der Waals surface area contributed by atoms with Crippen LogP contribution < -0.4 is 5.32 Å². The summed E-state index contributed by atoms with van der Waals surface area (Å²) in [5.41, 5.74) is 2.64. The fourth-order valence-electron chi connectivity index (χ4n) is 2.95. The molecule has 1 heterocycles. The maximum Gasteiger partial charge on any atom is 0.321 e. The van der Waals surface area contributed by atoms with Crippen LogP contribution in [0.25, 0.3) is 0 Å². The molecule has 1 N–H and O–H groups in total. The Balaban J connectivity index is 1.57. The minimum absolute atomic E-state index is 0.0318. The van der Waals surface area contributed by atoms with Gasteiger partial charge in [0.1, 0.15) is 0 Å². The Hall–Kier alpha value is -3.37. The summed E-state index contributed by atoms with van der Waals surface area (Å²) in [6, 6.07) is 15.8. The van der Waals surface area contributed by atoms with Gasteiger partial charge < -0.3 is 19.9 Å². The van der Waals surface area contributed by atoms with Crippen LogP contribution in [0.5, 0.6) is 0 Å². The highest BCUT2D eigenvalue weighted by Gasteiger charge is 2.18. The number of amides is 3. The molecule has 3 amide bonds. The molecular weight excluding hydrogens is 356 g/mol. The normalized spacial score (nSPS) is 13.5. The number of ether oxygens (including phenoxy) is 1. The van der Waals surface area contributed by atoms with Crippen LogP contribution in [0.3, 0.4) is 0 Å². The lowest BCUT2D eigenvalue weighted by Gasteiger charge is -2.26. The van der Waals surface area contributed by atoms with E-state index in [-0.39, 0.29) is 11.9 Å². The quantitative estimate of drug-likeness (QED) is 0.886. The van der Waals surface area contributed by atoms with Crippen LogP contribution in [0.15, 0.2) is 48.5 Å². The minimum Gasteiger partial charge on any atom is -0.378 e. The zero-order chi connectivity index (χ0) is 19.9. The summed E-state index contributed by atoms with van der Waals surface area (Å²) in [7, 11) is 1.69. The van der Waals surface area contributed by atoms with Gasteiger partial charge in [0.15, 0.2) is 0 Å². The van der Waals surface area contributed by atoms with Crippen molar-refractivity contribution in [2.45, 2.75) is 6.54 Å². The van der Waals surface area contributed by atoms with Gasteiger partial charge in [-0.2, -0.15) is 5.26 Å². The standard InChI is InChI=1S/C21H22N4O3/c1-24(15-17-4-2-3-16(13-17)14-22)21(27)23-19-7-5-18(6-8-19)20(26)25-9-11-28-12-10-25/h2-8,13H,9-12,15H2,1H3,(H,23,27). The Kier molecular flexibility index (Phi) is 6.25. The lowest BCUT2D eigenvalue weighted by molar-refractivity contribution is 0.0303. The van der Waals surface area contributed by atoms with Gasteiger partial charge in [0.25, 0.3) is 5.91 Å². The minimum atomic E-state index is -0.269. The van der Waals surface area contributed by atoms with Gasteiger partial charge in [-0.15, -0.1) is 0 Å². The van der Waals surface area contributed by atoms with Gasteiger partial charge in [-0.1, -0.05) is 12.1 Å². The molecule has 0 spiro atoms. The van der Waals surface area contributed by atoms with E-state index < -0.39 is 0 Å². The lowest BCUT2D eigenvalue weighted by Crippen LogP contribution is -2.40. The average Bonchev–Trinajstić information content (AvgIpc) is 2.74. The van der Waals surface area contributed by atoms with Crippen molar-refractivity contribution in [1.82, 2.24) is 9.80 Å². The number of hydrogen-bond acceptors (Lipinski definition) is 4. The third kappa shape index (κ3) is 4.87. The molecule has 0 aliphatic carbocycles. The van der Waals surface area contributed by atoms with Crippen molar-refractivity contribution in [3.05, 3.63) is 65.2 Å². The van der Waals surface area contributed by atoms with Crippen LogP contribution in [0.2, 0.25) is 0 Å². The Morgan fingerprint density at radius 1 is 1.18 bits per heavy atom. The third-order valence-electron chi connectivity index (χ3n) is 4.50. The summed E-state index contributed by atoms with van der Waals surface area (Å²) < 4.78 is 5.26. The Morgan fingerprint density at radius 2 is 1.89 bits per heavy atom. The Labute approximate surface area is 164 Å². The molecule has 3 rings (SSSR count). The van der Waals surface area contributed by atoms with Crippen molar-refractivity contribution < 1.29 is 14.3 Å². The highest BCUT2D eigenvalue weighted by Crippen LogP contribution is 2.14. The van der Waals surface area contributed by atoms with E-state index in [0.29, 0.717) is 49.7 Å². The number of nitriles is 1. The molecule has 2 aromatic rings. The van der Waals surface area contributed by atoms with Gasteiger partial charge in [0.05, 0.1) is 24.8 Å². The van der Waals surface area contributed by atoms with E-state index in [9.17, 15) is 9.59 Å². The lowest BCUT2D eigenvalue weighted by atomic mass is 10.1. The Bertz CT molecular complexity index is 883. The highest BCUT2D eigenvalue weighted by atomic mass is 16.5. The molecule has 1 aliphatic heterocycles. The summed E-state index contributed by atoms with van der Waals surface area (Å²) in [5, 5.41) is 11.8. The molecule has 1 fully saturated rings. The van der Waals surface area contributed by atoms with Crippen molar-refractivity contribution in [1.29, 1.82) is 5.26 Å². The molecule has 0 unspecified atom stereocenters. The van der Waals surface area contributed by atoms with Gasteiger partial charge in [0.2, 0.25) is 0 Å². The second-order valence-corrected chi connectivity index (χ2v) is 6.58. The van der Waals surface area contributed by atoms with E-state index in [0.717, 1.165) is 5.56 Å². The van der Waals surface area contributed by atoms with Crippen LogP contribution >= 0.6 is 0 Å². The number of anilines is 1. The summed E-state index contributed by atoms with van der Waals surface area (Å²) in [4.78, 5) is 28.1. The summed E-state index contributed by atoms with van der Waals surface area (Å²) in [6.07, 6.45) is 0. The molecule has 1 aliphatic rings. The summed E-state index contributed by atoms with van der Waals surface area (Å²) in [6.45, 7) is 2.69. The smallest absolute Gasteiger partial charge is 0.321 e. The fourth-order valence-corrected chi connectivity index (χ4v) is 2.95. The van der Waals surface area contributed by atoms with Gasteiger partial charge in [0, 0.05) is 37.9 Å². The summed E-state index contributed by atoms with van der Waals surface area (Å²) >= 11 is 0. The largest absolute Gasteiger partial charge is 0.378 e. The summed E-state index contributed by atoms with van der Waals surface area (Å²) in [5.74, 6) is -0.0318. The SMILES string of the molecule is CN(Cc1cccc(C#N)c1)C(=O)Nc1ccc(C(=O)N2CCOCC2)cc1. The fraction of sp³-hybridized carbons (Fsp3) is 0.286. The first-order chi connectivity index (χ1) is 13.6. The second-order valence-electron chi connectivity index (χ2n) is 6.58. The van der Waals surface area contributed by atoms with Crippen molar-refractivity contribution in [3.8, 4) is 6.07 Å². The number of rotatable bonds is 4. The van der Waals surface area contributed by atoms with E-state index in [1.807, 2.05) is 6.07 Å². The van der Waals surface area contributed by atoms with Crippen molar-refractivity contribution >= 4 is 17.6 Å². The van der Waals surface area contributed by atoms with Crippen LogP contribution in [0, 0.1) is 11.3 Å². The Morgan fingerprint density at radius 3 is 2.57 bits per heavy atom. The van der Waals surface area contributed by atoms with Gasteiger partial charge in [-0.3, -0.25) is 4.79 Å². The van der Waals surface area contributed by atoms with Crippen LogP contribution in [-0.4, -0.2) is 55.1 Å². The van der Waals surface area contributed by atoms with Crippen LogP contribution in [0.1, 0.15) is 21.5 Å². The molecule has 0 saturated carbocycles. The van der Waals surface area contributed by atoms with Crippen molar-refractivity contribution in [2.24, 2.45) is 0 Å². The van der Waals surface area contributed by atoms with Gasteiger partial charge in [-0.25, -0.2) is 4.79 Å². The maximum absolute atomic E-state index is 12.4. The molecule has 7 heteroatoms. The molecule has 28 heavy (non-hydrogen) atoms. The predicted octanol–water partition coefficient (Wildman–Crippen LogP) is 2.69. The van der Waals surface area contributed by atoms with E-state index in [1.165, 1.54) is 4.90 Å². The number of hydrogen-bond donors (Lipinski definition) is 1. The number of morpholine rings is 1. The van der Waals surface area contributed by atoms with Crippen molar-refractivity contribution in [2.75, 3.05) is 38.7 Å². The molecular formula is C21H22N4O3. The predicted molar refractivity (Wildman–Crippen MR) is 105 cm³/mol. The first-order valence-corrected chi connectivity index (χ1v) is 9.05. The number of carbonyl (C=O) groups is 2. The molecule has 0 aromatic heterocycles. The number of carbonyl (C=O) groups excluding carboxylic acids is 2. The number of urea groups is 1. The molecule has 0 bridgehead atoms.